The number of H-pyrrole nitrogens is 1. The van der Waals surface area contributed by atoms with Crippen LogP contribution in [0.4, 0.5) is 0 Å². The summed E-state index contributed by atoms with van der Waals surface area (Å²) in [6, 6.07) is 8.55. The average Bonchev–Trinajstić information content (AvgIpc) is 2.80. The molecule has 0 spiro atoms. The Balaban J connectivity index is 0.00000144. The Labute approximate surface area is 116 Å². The third kappa shape index (κ3) is 4.92. The van der Waals surface area contributed by atoms with Crippen molar-refractivity contribution in [2.24, 2.45) is 0 Å². The standard InChI is InChI=1S/C13H15BrN2.ClH/c14-12-7-5-11(6-8-12)3-1-2-4-13-15-9-10-16-13;/h5-10H,1-4H2,(H,15,16);1H. The monoisotopic (exact) mass is 314 g/mol. The van der Waals surface area contributed by atoms with Crippen LogP contribution >= 0.6 is 28.3 Å². The second kappa shape index (κ2) is 7.51. The van der Waals surface area contributed by atoms with E-state index >= 15 is 0 Å². The number of nitrogens with one attached hydrogen (secondary N) is 1. The van der Waals surface area contributed by atoms with Crippen LogP contribution in [-0.2, 0) is 12.8 Å². The molecule has 1 N–H and O–H groups in total. The van der Waals surface area contributed by atoms with E-state index in [1.807, 2.05) is 12.4 Å². The summed E-state index contributed by atoms with van der Waals surface area (Å²) in [7, 11) is 0. The highest BCUT2D eigenvalue weighted by Crippen LogP contribution is 2.12. The summed E-state index contributed by atoms with van der Waals surface area (Å²) in [6.45, 7) is 0. The van der Waals surface area contributed by atoms with Gasteiger partial charge in [-0.1, -0.05) is 28.1 Å². The van der Waals surface area contributed by atoms with Crippen LogP contribution in [0.1, 0.15) is 24.2 Å². The van der Waals surface area contributed by atoms with Crippen LogP contribution in [0.15, 0.2) is 41.1 Å². The maximum atomic E-state index is 4.21. The third-order valence-corrected chi connectivity index (χ3v) is 3.13. The molecule has 0 aliphatic rings. The molecule has 2 nitrogen and oxygen atoms in total. The van der Waals surface area contributed by atoms with Crippen LogP contribution in [0.5, 0.6) is 0 Å². The number of unbranched alkanes of at least 4 members (excludes halogenated alkanes) is 1. The van der Waals surface area contributed by atoms with Gasteiger partial charge in [-0.05, 0) is 37.0 Å². The van der Waals surface area contributed by atoms with Gasteiger partial charge < -0.3 is 4.98 Å². The van der Waals surface area contributed by atoms with E-state index in [0.717, 1.165) is 23.1 Å². The fourth-order valence-electron chi connectivity index (χ4n) is 1.71. The molecular weight excluding hydrogens is 300 g/mol. The Hall–Kier alpha value is -0.800. The molecule has 92 valence electrons. The number of benzene rings is 1. The van der Waals surface area contributed by atoms with Crippen LogP contribution < -0.4 is 0 Å². The summed E-state index contributed by atoms with van der Waals surface area (Å²) in [5, 5.41) is 0. The number of aromatic amines is 1. The molecular formula is C13H16BrClN2. The topological polar surface area (TPSA) is 28.7 Å². The zero-order valence-electron chi connectivity index (χ0n) is 9.53. The lowest BCUT2D eigenvalue weighted by atomic mass is 10.1. The number of nitrogens with zero attached hydrogens (tertiary/aromatic N) is 1. The number of aryl methyl sites for hydroxylation is 2. The van der Waals surface area contributed by atoms with Crippen LogP contribution in [0, 0.1) is 0 Å². The normalized spacial score (nSPS) is 9.94. The summed E-state index contributed by atoms with van der Waals surface area (Å²) in [4.78, 5) is 7.34. The van der Waals surface area contributed by atoms with Crippen molar-refractivity contribution < 1.29 is 0 Å². The second-order valence-corrected chi connectivity index (χ2v) is 4.79. The molecule has 0 saturated carbocycles. The quantitative estimate of drug-likeness (QED) is 0.825. The van der Waals surface area contributed by atoms with Crippen LogP contribution in [0.25, 0.3) is 0 Å². The first-order valence-electron chi connectivity index (χ1n) is 5.57. The lowest BCUT2D eigenvalue weighted by Gasteiger charge is -2.01. The molecule has 0 aliphatic carbocycles. The Kier molecular flexibility index (Phi) is 6.30. The second-order valence-electron chi connectivity index (χ2n) is 3.87. The zero-order chi connectivity index (χ0) is 11.2. The van der Waals surface area contributed by atoms with E-state index in [4.69, 9.17) is 0 Å². The largest absolute Gasteiger partial charge is 0.349 e. The zero-order valence-corrected chi connectivity index (χ0v) is 11.9. The molecule has 0 amide bonds. The molecule has 0 bridgehead atoms. The fraction of sp³-hybridized carbons (Fsp3) is 0.308. The Bertz CT molecular complexity index is 411. The highest BCUT2D eigenvalue weighted by atomic mass is 79.9. The minimum atomic E-state index is 0. The van der Waals surface area contributed by atoms with E-state index in [1.54, 1.807) is 0 Å². The van der Waals surface area contributed by atoms with Gasteiger partial charge in [-0.15, -0.1) is 12.4 Å². The molecule has 4 heteroatoms. The average molecular weight is 316 g/mol. The van der Waals surface area contributed by atoms with Crippen LogP contribution in [0.3, 0.4) is 0 Å². The first kappa shape index (κ1) is 14.3. The maximum Gasteiger partial charge on any atom is 0.105 e. The van der Waals surface area contributed by atoms with Crippen molar-refractivity contribution in [3.8, 4) is 0 Å². The van der Waals surface area contributed by atoms with Gasteiger partial charge in [0.1, 0.15) is 5.82 Å². The molecule has 0 fully saturated rings. The maximum absolute atomic E-state index is 4.21. The van der Waals surface area contributed by atoms with Gasteiger partial charge in [-0.3, -0.25) is 0 Å². The Morgan fingerprint density at radius 1 is 1.06 bits per heavy atom. The molecule has 2 rings (SSSR count). The molecule has 1 aromatic heterocycles. The van der Waals surface area contributed by atoms with Crippen molar-refractivity contribution in [2.75, 3.05) is 0 Å². The highest BCUT2D eigenvalue weighted by molar-refractivity contribution is 9.10. The van der Waals surface area contributed by atoms with Gasteiger partial charge in [0.2, 0.25) is 0 Å². The van der Waals surface area contributed by atoms with Crippen LogP contribution in [0.2, 0.25) is 0 Å². The SMILES string of the molecule is Brc1ccc(CCCCc2ncc[nH]2)cc1.Cl. The Morgan fingerprint density at radius 2 is 1.76 bits per heavy atom. The van der Waals surface area contributed by atoms with Crippen LogP contribution in [-0.4, -0.2) is 9.97 Å². The molecule has 0 saturated heterocycles. The highest BCUT2D eigenvalue weighted by Gasteiger charge is 1.96. The van der Waals surface area contributed by atoms with Crippen molar-refractivity contribution in [3.05, 3.63) is 52.5 Å². The molecule has 0 atom stereocenters. The third-order valence-electron chi connectivity index (χ3n) is 2.60. The number of rotatable bonds is 5. The van der Waals surface area contributed by atoms with E-state index in [0.29, 0.717) is 0 Å². The summed E-state index contributed by atoms with van der Waals surface area (Å²) in [6.07, 6.45) is 8.28. The van der Waals surface area contributed by atoms with Gasteiger partial charge in [-0.25, -0.2) is 4.98 Å². The van der Waals surface area contributed by atoms with E-state index in [1.165, 1.54) is 18.4 Å². The number of halogens is 2. The molecule has 0 unspecified atom stereocenters. The molecule has 1 aromatic carbocycles. The van der Waals surface area contributed by atoms with Crippen molar-refractivity contribution in [1.29, 1.82) is 0 Å². The van der Waals surface area contributed by atoms with Crippen molar-refractivity contribution in [3.63, 3.8) is 0 Å². The first-order valence-corrected chi connectivity index (χ1v) is 6.36. The summed E-state index contributed by atoms with van der Waals surface area (Å²) in [5.74, 6) is 1.09. The smallest absolute Gasteiger partial charge is 0.105 e. The molecule has 1 heterocycles. The predicted molar refractivity (Wildman–Crippen MR) is 76.6 cm³/mol. The number of hydrogen-bond acceptors (Lipinski definition) is 1. The van der Waals surface area contributed by atoms with Gasteiger partial charge in [0.25, 0.3) is 0 Å². The van der Waals surface area contributed by atoms with Crippen molar-refractivity contribution in [2.45, 2.75) is 25.7 Å². The van der Waals surface area contributed by atoms with Crippen molar-refractivity contribution >= 4 is 28.3 Å². The molecule has 0 aliphatic heterocycles. The summed E-state index contributed by atoms with van der Waals surface area (Å²) < 4.78 is 1.15. The van der Waals surface area contributed by atoms with Gasteiger partial charge in [0.15, 0.2) is 0 Å². The van der Waals surface area contributed by atoms with E-state index in [2.05, 4.69) is 50.2 Å². The lowest BCUT2D eigenvalue weighted by molar-refractivity contribution is 0.713. The van der Waals surface area contributed by atoms with Crippen molar-refractivity contribution in [1.82, 2.24) is 9.97 Å². The summed E-state index contributed by atoms with van der Waals surface area (Å²) in [5.41, 5.74) is 1.41. The van der Waals surface area contributed by atoms with E-state index in [9.17, 15) is 0 Å². The minimum absolute atomic E-state index is 0. The molecule has 0 radical (unpaired) electrons. The lowest BCUT2D eigenvalue weighted by Crippen LogP contribution is -1.90. The van der Waals surface area contributed by atoms with E-state index < -0.39 is 0 Å². The Morgan fingerprint density at radius 3 is 2.41 bits per heavy atom. The summed E-state index contributed by atoms with van der Waals surface area (Å²) >= 11 is 3.44. The van der Waals surface area contributed by atoms with Gasteiger partial charge in [-0.2, -0.15) is 0 Å². The van der Waals surface area contributed by atoms with E-state index in [-0.39, 0.29) is 12.4 Å². The first-order chi connectivity index (χ1) is 7.84. The predicted octanol–water partition coefficient (Wildman–Crippen LogP) is 4.16. The number of imidazole rings is 1. The van der Waals surface area contributed by atoms with Gasteiger partial charge >= 0.3 is 0 Å². The molecule has 2 aromatic rings. The number of aromatic nitrogens is 2. The van der Waals surface area contributed by atoms with Gasteiger partial charge in [0, 0.05) is 23.3 Å². The fourth-order valence-corrected chi connectivity index (χ4v) is 1.97. The molecule has 17 heavy (non-hydrogen) atoms. The number of hydrogen-bond donors (Lipinski definition) is 1. The van der Waals surface area contributed by atoms with Gasteiger partial charge in [0.05, 0.1) is 0 Å². The minimum Gasteiger partial charge on any atom is -0.349 e.